The molecule has 2 heterocycles. The number of amides is 1. The minimum absolute atomic E-state index is 0.00688. The molecule has 0 spiro atoms. The van der Waals surface area contributed by atoms with E-state index in [0.717, 1.165) is 33.0 Å². The summed E-state index contributed by atoms with van der Waals surface area (Å²) in [4.78, 5) is 25.4. The first-order valence-corrected chi connectivity index (χ1v) is 11.8. The maximum Gasteiger partial charge on any atom is 0.233 e. The van der Waals surface area contributed by atoms with Crippen molar-refractivity contribution in [2.45, 2.75) is 24.8 Å². The second-order valence-electron chi connectivity index (χ2n) is 6.88. The largest absolute Gasteiger partial charge is 0.497 e. The molecule has 0 unspecified atom stereocenters. The summed E-state index contributed by atoms with van der Waals surface area (Å²) in [5.41, 5.74) is 2.65. The Morgan fingerprint density at radius 2 is 1.97 bits per heavy atom. The average Bonchev–Trinajstić information content (AvgIpc) is 3.22. The van der Waals surface area contributed by atoms with E-state index in [1.807, 2.05) is 48.5 Å². The first kappa shape index (κ1) is 21.3. The van der Waals surface area contributed by atoms with Gasteiger partial charge in [-0.2, -0.15) is 0 Å². The van der Waals surface area contributed by atoms with Crippen LogP contribution in [0, 0.1) is 0 Å². The third-order valence-electron chi connectivity index (χ3n) is 4.75. The Hall–Kier alpha value is -2.90. The second-order valence-corrected chi connectivity index (χ2v) is 9.23. The summed E-state index contributed by atoms with van der Waals surface area (Å²) in [5.74, 6) is 1.79. The smallest absolute Gasteiger partial charge is 0.233 e. The maximum atomic E-state index is 13.4. The molecular weight excluding hydrogens is 426 g/mol. The molecule has 4 aromatic rings. The van der Waals surface area contributed by atoms with Gasteiger partial charge < -0.3 is 4.74 Å². The van der Waals surface area contributed by atoms with Crippen LogP contribution in [-0.4, -0.2) is 28.7 Å². The molecule has 0 radical (unpaired) electrons. The predicted octanol–water partition coefficient (Wildman–Crippen LogP) is 5.59. The van der Waals surface area contributed by atoms with Crippen molar-refractivity contribution in [2.75, 3.05) is 17.8 Å². The number of thiazole rings is 1. The highest BCUT2D eigenvalue weighted by Gasteiger charge is 2.21. The van der Waals surface area contributed by atoms with Gasteiger partial charge in [0.1, 0.15) is 5.75 Å². The first-order chi connectivity index (χ1) is 15.2. The number of carbonyl (C=O) groups is 1. The minimum Gasteiger partial charge on any atom is -0.497 e. The van der Waals surface area contributed by atoms with Gasteiger partial charge in [-0.05, 0) is 53.8 Å². The Morgan fingerprint density at radius 1 is 1.13 bits per heavy atom. The molecule has 0 bridgehead atoms. The van der Waals surface area contributed by atoms with E-state index in [1.165, 1.54) is 16.2 Å². The zero-order valence-corrected chi connectivity index (χ0v) is 19.1. The summed E-state index contributed by atoms with van der Waals surface area (Å²) in [6.45, 7) is 2.51. The van der Waals surface area contributed by atoms with E-state index in [4.69, 9.17) is 9.72 Å². The van der Waals surface area contributed by atoms with Gasteiger partial charge in [0.2, 0.25) is 5.91 Å². The van der Waals surface area contributed by atoms with E-state index < -0.39 is 0 Å². The van der Waals surface area contributed by atoms with E-state index in [2.05, 4.69) is 24.0 Å². The van der Waals surface area contributed by atoms with Crippen molar-refractivity contribution in [1.29, 1.82) is 0 Å². The average molecular weight is 450 g/mol. The van der Waals surface area contributed by atoms with E-state index in [1.54, 1.807) is 30.0 Å². The molecular formula is C24H23N3O2S2. The fourth-order valence-corrected chi connectivity index (χ4v) is 4.86. The Kier molecular flexibility index (Phi) is 6.84. The molecule has 0 fully saturated rings. The van der Waals surface area contributed by atoms with Crippen molar-refractivity contribution < 1.29 is 9.53 Å². The second kappa shape index (κ2) is 9.94. The number of fused-ring (bicyclic) bond motifs is 1. The van der Waals surface area contributed by atoms with Crippen molar-refractivity contribution in [3.8, 4) is 5.75 Å². The van der Waals surface area contributed by atoms with E-state index >= 15 is 0 Å². The molecule has 1 amide bonds. The van der Waals surface area contributed by atoms with Gasteiger partial charge in [0.15, 0.2) is 5.13 Å². The number of carbonyl (C=O) groups excluding carboxylic acids is 1. The Morgan fingerprint density at radius 3 is 2.68 bits per heavy atom. The number of ether oxygens (including phenoxy) is 1. The molecule has 4 rings (SSSR count). The van der Waals surface area contributed by atoms with Crippen molar-refractivity contribution >= 4 is 44.4 Å². The van der Waals surface area contributed by atoms with Gasteiger partial charge in [-0.1, -0.05) is 36.5 Å². The van der Waals surface area contributed by atoms with Crippen LogP contribution >= 0.6 is 23.1 Å². The number of pyridine rings is 1. The highest BCUT2D eigenvalue weighted by molar-refractivity contribution is 7.99. The number of nitrogens with zero attached hydrogens (tertiary/aromatic N) is 3. The van der Waals surface area contributed by atoms with Gasteiger partial charge >= 0.3 is 0 Å². The standard InChI is InChI=1S/C24H23N3O2S2/c1-3-30-20-10-7-17(8-11-20)14-23(28)27(16-18-6-4-5-13-25-18)24-26-21-12-9-19(29-2)15-22(21)31-24/h4-13,15H,3,14,16H2,1-2H3. The number of aromatic nitrogens is 2. The van der Waals surface area contributed by atoms with Crippen molar-refractivity contribution in [2.24, 2.45) is 0 Å². The third kappa shape index (κ3) is 5.24. The molecule has 0 atom stereocenters. The highest BCUT2D eigenvalue weighted by atomic mass is 32.2. The summed E-state index contributed by atoms with van der Waals surface area (Å²) in [6, 6.07) is 19.7. The molecule has 0 saturated heterocycles. The van der Waals surface area contributed by atoms with Gasteiger partial charge in [-0.3, -0.25) is 14.7 Å². The molecule has 2 aromatic heterocycles. The van der Waals surface area contributed by atoms with E-state index in [0.29, 0.717) is 18.1 Å². The van der Waals surface area contributed by atoms with Crippen LogP contribution in [0.25, 0.3) is 10.2 Å². The summed E-state index contributed by atoms with van der Waals surface area (Å²) in [7, 11) is 1.64. The molecule has 0 saturated carbocycles. The first-order valence-electron chi connectivity index (χ1n) is 10.0. The van der Waals surface area contributed by atoms with Gasteiger partial charge in [-0.25, -0.2) is 4.98 Å². The molecule has 0 aliphatic rings. The molecule has 158 valence electrons. The fourth-order valence-electron chi connectivity index (χ4n) is 3.19. The number of hydrogen-bond acceptors (Lipinski definition) is 6. The minimum atomic E-state index is -0.00688. The lowest BCUT2D eigenvalue weighted by Crippen LogP contribution is -2.32. The van der Waals surface area contributed by atoms with Crippen molar-refractivity contribution in [1.82, 2.24) is 9.97 Å². The summed E-state index contributed by atoms with van der Waals surface area (Å²) >= 11 is 3.28. The van der Waals surface area contributed by atoms with E-state index in [9.17, 15) is 4.79 Å². The molecule has 5 nitrogen and oxygen atoms in total. The SMILES string of the molecule is CCSc1ccc(CC(=O)N(Cc2ccccn2)c2nc3ccc(OC)cc3s2)cc1. The fraction of sp³-hybridized carbons (Fsp3) is 0.208. The van der Waals surface area contributed by atoms with Crippen LogP contribution in [0.1, 0.15) is 18.2 Å². The van der Waals surface area contributed by atoms with Gasteiger partial charge in [-0.15, -0.1) is 11.8 Å². The quantitative estimate of drug-likeness (QED) is 0.328. The van der Waals surface area contributed by atoms with Gasteiger partial charge in [0.05, 0.1) is 36.0 Å². The number of anilines is 1. The monoisotopic (exact) mass is 449 g/mol. The molecule has 2 aromatic carbocycles. The molecule has 7 heteroatoms. The lowest BCUT2D eigenvalue weighted by atomic mass is 10.1. The third-order valence-corrected chi connectivity index (χ3v) is 6.69. The van der Waals surface area contributed by atoms with Crippen LogP contribution in [-0.2, 0) is 17.8 Å². The number of thioether (sulfide) groups is 1. The number of methoxy groups -OCH3 is 1. The molecule has 31 heavy (non-hydrogen) atoms. The summed E-state index contributed by atoms with van der Waals surface area (Å²) < 4.78 is 6.31. The topological polar surface area (TPSA) is 55.3 Å². The van der Waals surface area contributed by atoms with Gasteiger partial charge in [0.25, 0.3) is 0 Å². The predicted molar refractivity (Wildman–Crippen MR) is 128 cm³/mol. The summed E-state index contributed by atoms with van der Waals surface area (Å²) in [5, 5.41) is 0.664. The van der Waals surface area contributed by atoms with Gasteiger partial charge in [0, 0.05) is 11.1 Å². The Bertz CT molecular complexity index is 1160. The van der Waals surface area contributed by atoms with Crippen LogP contribution in [0.4, 0.5) is 5.13 Å². The van der Waals surface area contributed by atoms with Crippen molar-refractivity contribution in [3.63, 3.8) is 0 Å². The van der Waals surface area contributed by atoms with Crippen LogP contribution in [0.5, 0.6) is 5.75 Å². The molecule has 0 N–H and O–H groups in total. The van der Waals surface area contributed by atoms with Crippen molar-refractivity contribution in [3.05, 3.63) is 78.1 Å². The molecule has 0 aliphatic heterocycles. The zero-order chi connectivity index (χ0) is 21.6. The zero-order valence-electron chi connectivity index (χ0n) is 17.4. The Balaban J connectivity index is 1.62. The van der Waals surface area contributed by atoms with Crippen LogP contribution in [0.15, 0.2) is 71.8 Å². The van der Waals surface area contributed by atoms with Crippen LogP contribution in [0.3, 0.4) is 0 Å². The normalized spacial score (nSPS) is 10.9. The molecule has 0 aliphatic carbocycles. The maximum absolute atomic E-state index is 13.4. The lowest BCUT2D eigenvalue weighted by Gasteiger charge is -2.19. The number of rotatable bonds is 8. The summed E-state index contributed by atoms with van der Waals surface area (Å²) in [6.07, 6.45) is 2.05. The lowest BCUT2D eigenvalue weighted by molar-refractivity contribution is -0.118. The van der Waals surface area contributed by atoms with Crippen LogP contribution < -0.4 is 9.64 Å². The number of hydrogen-bond donors (Lipinski definition) is 0. The van der Waals surface area contributed by atoms with Crippen LogP contribution in [0.2, 0.25) is 0 Å². The Labute approximate surface area is 190 Å². The number of benzene rings is 2. The van der Waals surface area contributed by atoms with E-state index in [-0.39, 0.29) is 5.91 Å². The highest BCUT2D eigenvalue weighted by Crippen LogP contribution is 2.32.